The number of rotatable bonds is 4. The van der Waals surface area contributed by atoms with Crippen LogP contribution in [0.25, 0.3) is 0 Å². The molecule has 0 aliphatic rings. The molecule has 0 saturated heterocycles. The predicted octanol–water partition coefficient (Wildman–Crippen LogP) is 3.22. The first-order valence-corrected chi connectivity index (χ1v) is 6.88. The summed E-state index contributed by atoms with van der Waals surface area (Å²) in [5.41, 5.74) is -0.136. The highest BCUT2D eigenvalue weighted by molar-refractivity contribution is 5.78. The minimum absolute atomic E-state index is 0.0902. The first kappa shape index (κ1) is 16.5. The minimum atomic E-state index is -0.677. The molecular formula is C15H23FN2O2. The van der Waals surface area contributed by atoms with E-state index in [4.69, 9.17) is 4.74 Å². The van der Waals surface area contributed by atoms with Crippen LogP contribution in [0.5, 0.6) is 0 Å². The van der Waals surface area contributed by atoms with E-state index < -0.39 is 17.8 Å². The van der Waals surface area contributed by atoms with Crippen LogP contribution in [0.1, 0.15) is 58.8 Å². The van der Waals surface area contributed by atoms with Crippen molar-refractivity contribution in [2.24, 2.45) is 5.92 Å². The number of carbonyl (C=O) groups is 1. The number of carbonyl (C=O) groups excluding carboxylic acids is 1. The highest BCUT2D eigenvalue weighted by Gasteiger charge is 2.30. The molecule has 1 aromatic heterocycles. The Kier molecular flexibility index (Phi) is 5.20. The lowest BCUT2D eigenvalue weighted by Crippen LogP contribution is -2.24. The minimum Gasteiger partial charge on any atom is -0.466 e. The van der Waals surface area contributed by atoms with Crippen LogP contribution < -0.4 is 0 Å². The number of hydrogen-bond acceptors (Lipinski definition) is 4. The Morgan fingerprint density at radius 3 is 2.40 bits per heavy atom. The molecule has 0 amide bonds. The van der Waals surface area contributed by atoms with Crippen LogP contribution in [0, 0.1) is 11.9 Å². The van der Waals surface area contributed by atoms with Gasteiger partial charge in [0.05, 0.1) is 12.5 Å². The molecule has 1 heterocycles. The van der Waals surface area contributed by atoms with Crippen molar-refractivity contribution >= 4 is 5.97 Å². The van der Waals surface area contributed by atoms with Gasteiger partial charge in [-0.2, -0.15) is 4.39 Å². The third kappa shape index (κ3) is 3.74. The Morgan fingerprint density at radius 1 is 1.40 bits per heavy atom. The second-order valence-electron chi connectivity index (χ2n) is 6.16. The molecule has 0 radical (unpaired) electrons. The lowest BCUT2D eigenvalue weighted by atomic mass is 9.89. The lowest BCUT2D eigenvalue weighted by molar-refractivity contribution is -0.146. The van der Waals surface area contributed by atoms with Crippen molar-refractivity contribution in [1.29, 1.82) is 0 Å². The normalized spacial score (nSPS) is 13.4. The maximum atomic E-state index is 14.2. The fourth-order valence-corrected chi connectivity index (χ4v) is 1.93. The summed E-state index contributed by atoms with van der Waals surface area (Å²) in [4.78, 5) is 20.1. The van der Waals surface area contributed by atoms with Crippen LogP contribution in [-0.4, -0.2) is 22.5 Å². The van der Waals surface area contributed by atoms with Crippen molar-refractivity contribution in [3.05, 3.63) is 23.5 Å². The van der Waals surface area contributed by atoms with Crippen molar-refractivity contribution in [2.75, 3.05) is 6.61 Å². The van der Waals surface area contributed by atoms with Gasteiger partial charge in [-0.1, -0.05) is 34.6 Å². The molecule has 20 heavy (non-hydrogen) atoms. The molecule has 5 heteroatoms. The highest BCUT2D eigenvalue weighted by Crippen LogP contribution is 2.28. The number of ether oxygens (including phenoxy) is 1. The molecular weight excluding hydrogens is 259 g/mol. The number of esters is 1. The van der Waals surface area contributed by atoms with Crippen LogP contribution >= 0.6 is 0 Å². The molecule has 4 nitrogen and oxygen atoms in total. The van der Waals surface area contributed by atoms with E-state index in [1.807, 2.05) is 34.6 Å². The molecule has 1 unspecified atom stereocenters. The summed E-state index contributed by atoms with van der Waals surface area (Å²) in [5, 5.41) is 0. The molecule has 0 fully saturated rings. The van der Waals surface area contributed by atoms with Gasteiger partial charge in [-0.05, 0) is 12.8 Å². The Morgan fingerprint density at radius 2 is 2.00 bits per heavy atom. The second-order valence-corrected chi connectivity index (χ2v) is 6.16. The zero-order chi connectivity index (χ0) is 15.5. The third-order valence-electron chi connectivity index (χ3n) is 2.98. The van der Waals surface area contributed by atoms with E-state index in [1.54, 1.807) is 6.92 Å². The topological polar surface area (TPSA) is 52.1 Å². The largest absolute Gasteiger partial charge is 0.466 e. The average Bonchev–Trinajstić information content (AvgIpc) is 2.30. The van der Waals surface area contributed by atoms with Crippen LogP contribution in [0.3, 0.4) is 0 Å². The molecule has 0 aliphatic heterocycles. The predicted molar refractivity (Wildman–Crippen MR) is 74.9 cm³/mol. The van der Waals surface area contributed by atoms with Crippen LogP contribution in [-0.2, 0) is 14.9 Å². The number of hydrogen-bond donors (Lipinski definition) is 0. The summed E-state index contributed by atoms with van der Waals surface area (Å²) in [6, 6.07) is 0. The third-order valence-corrected chi connectivity index (χ3v) is 2.98. The summed E-state index contributed by atoms with van der Waals surface area (Å²) in [5.74, 6) is -1.42. The molecule has 112 valence electrons. The van der Waals surface area contributed by atoms with Crippen molar-refractivity contribution in [2.45, 2.75) is 52.9 Å². The molecule has 1 atom stereocenters. The summed E-state index contributed by atoms with van der Waals surface area (Å²) < 4.78 is 19.2. The lowest BCUT2D eigenvalue weighted by Gasteiger charge is -2.21. The van der Waals surface area contributed by atoms with Crippen molar-refractivity contribution < 1.29 is 13.9 Å². The van der Waals surface area contributed by atoms with Gasteiger partial charge >= 0.3 is 5.97 Å². The number of nitrogens with zero attached hydrogens (tertiary/aromatic N) is 2. The Balaban J connectivity index is 3.19. The van der Waals surface area contributed by atoms with Gasteiger partial charge in [0.15, 0.2) is 0 Å². The zero-order valence-electron chi connectivity index (χ0n) is 13.0. The monoisotopic (exact) mass is 282 g/mol. The van der Waals surface area contributed by atoms with Crippen LogP contribution in [0.15, 0.2) is 6.20 Å². The van der Waals surface area contributed by atoms with Gasteiger partial charge in [-0.25, -0.2) is 9.97 Å². The second kappa shape index (κ2) is 6.29. The molecule has 0 spiro atoms. The number of aromatic nitrogens is 2. The fraction of sp³-hybridized carbons (Fsp3) is 0.667. The van der Waals surface area contributed by atoms with E-state index in [-0.39, 0.29) is 23.5 Å². The van der Waals surface area contributed by atoms with Crippen molar-refractivity contribution in [1.82, 2.24) is 9.97 Å². The van der Waals surface area contributed by atoms with E-state index in [2.05, 4.69) is 9.97 Å². The van der Waals surface area contributed by atoms with E-state index >= 15 is 0 Å². The Labute approximate surface area is 119 Å². The van der Waals surface area contributed by atoms with Gasteiger partial charge in [-0.3, -0.25) is 4.79 Å². The SMILES string of the molecule is CCOC(=O)C(c1cnc(C(C)(C)C)nc1F)C(C)C. The molecule has 0 N–H and O–H groups in total. The van der Waals surface area contributed by atoms with E-state index in [0.717, 1.165) is 0 Å². The molecule has 1 aromatic rings. The van der Waals surface area contributed by atoms with Crippen molar-refractivity contribution in [3.8, 4) is 0 Å². The molecule has 0 bridgehead atoms. The fourth-order valence-electron chi connectivity index (χ4n) is 1.93. The molecule has 0 saturated carbocycles. The Bertz CT molecular complexity index is 481. The highest BCUT2D eigenvalue weighted by atomic mass is 19.1. The van der Waals surface area contributed by atoms with E-state index in [0.29, 0.717) is 5.82 Å². The van der Waals surface area contributed by atoms with E-state index in [9.17, 15) is 9.18 Å². The van der Waals surface area contributed by atoms with Gasteiger partial charge < -0.3 is 4.74 Å². The summed E-state index contributed by atoms with van der Waals surface area (Å²) in [6.45, 7) is 11.4. The number of halogens is 1. The van der Waals surface area contributed by atoms with Gasteiger partial charge in [0.1, 0.15) is 5.82 Å². The van der Waals surface area contributed by atoms with Gasteiger partial charge in [0.2, 0.25) is 5.95 Å². The smallest absolute Gasteiger partial charge is 0.313 e. The maximum Gasteiger partial charge on any atom is 0.313 e. The first-order chi connectivity index (χ1) is 9.18. The zero-order valence-corrected chi connectivity index (χ0v) is 13.0. The summed E-state index contributed by atoms with van der Waals surface area (Å²) in [7, 11) is 0. The molecule has 0 aromatic carbocycles. The van der Waals surface area contributed by atoms with Crippen molar-refractivity contribution in [3.63, 3.8) is 0 Å². The Hall–Kier alpha value is -1.52. The summed E-state index contributed by atoms with van der Waals surface area (Å²) in [6.07, 6.45) is 1.41. The summed E-state index contributed by atoms with van der Waals surface area (Å²) >= 11 is 0. The van der Waals surface area contributed by atoms with Gasteiger partial charge in [0.25, 0.3) is 0 Å². The van der Waals surface area contributed by atoms with Crippen LogP contribution in [0.4, 0.5) is 4.39 Å². The first-order valence-electron chi connectivity index (χ1n) is 6.88. The van der Waals surface area contributed by atoms with Gasteiger partial charge in [0, 0.05) is 17.2 Å². The average molecular weight is 282 g/mol. The van der Waals surface area contributed by atoms with Crippen LogP contribution in [0.2, 0.25) is 0 Å². The quantitative estimate of drug-likeness (QED) is 0.628. The van der Waals surface area contributed by atoms with E-state index in [1.165, 1.54) is 6.20 Å². The molecule has 0 aliphatic carbocycles. The molecule has 1 rings (SSSR count). The standard InChI is InChI=1S/C15H23FN2O2/c1-7-20-13(19)11(9(2)3)10-8-17-14(15(4,5)6)18-12(10)16/h8-9,11H,7H2,1-6H3. The maximum absolute atomic E-state index is 14.2. The van der Waals surface area contributed by atoms with Gasteiger partial charge in [-0.15, -0.1) is 0 Å².